The summed E-state index contributed by atoms with van der Waals surface area (Å²) in [5.41, 5.74) is 5.30. The molecule has 0 amide bonds. The molecule has 0 bridgehead atoms. The molecule has 32 heavy (non-hydrogen) atoms. The molecule has 1 aromatic heterocycles. The van der Waals surface area contributed by atoms with E-state index in [1.165, 1.54) is 120 Å². The van der Waals surface area contributed by atoms with E-state index in [4.69, 9.17) is 9.97 Å². The van der Waals surface area contributed by atoms with Gasteiger partial charge in [0, 0.05) is 17.5 Å². The van der Waals surface area contributed by atoms with E-state index < -0.39 is 0 Å². The fourth-order valence-electron chi connectivity index (χ4n) is 5.11. The largest absolute Gasteiger partial charge is 0.236 e. The Balaban J connectivity index is 1.44. The Morgan fingerprint density at radius 3 is 2.16 bits per heavy atom. The van der Waals surface area contributed by atoms with Crippen molar-refractivity contribution in [3.05, 3.63) is 47.3 Å². The van der Waals surface area contributed by atoms with Crippen LogP contribution >= 0.6 is 0 Å². The van der Waals surface area contributed by atoms with E-state index in [9.17, 15) is 0 Å². The van der Waals surface area contributed by atoms with Crippen molar-refractivity contribution in [1.29, 1.82) is 0 Å². The summed E-state index contributed by atoms with van der Waals surface area (Å²) in [4.78, 5) is 9.72. The van der Waals surface area contributed by atoms with Crippen molar-refractivity contribution in [2.24, 2.45) is 5.92 Å². The average molecular weight is 435 g/mol. The Morgan fingerprint density at radius 1 is 0.781 bits per heavy atom. The SMILES string of the molecule is CCCCCCCCc1ccc(-c2ncc3c(n2)CCC(CCCCCCCC)C3)cc1. The first-order valence-electron chi connectivity index (χ1n) is 13.7. The molecule has 176 valence electrons. The third-order valence-electron chi connectivity index (χ3n) is 7.25. The fourth-order valence-corrected chi connectivity index (χ4v) is 5.11. The highest BCUT2D eigenvalue weighted by Crippen LogP contribution is 2.29. The molecule has 2 heteroatoms. The van der Waals surface area contributed by atoms with E-state index in [0.717, 1.165) is 23.7 Å². The van der Waals surface area contributed by atoms with Gasteiger partial charge in [-0.1, -0.05) is 115 Å². The molecule has 1 unspecified atom stereocenters. The van der Waals surface area contributed by atoms with Crippen molar-refractivity contribution in [1.82, 2.24) is 9.97 Å². The second-order valence-corrected chi connectivity index (χ2v) is 10.0. The average Bonchev–Trinajstić information content (AvgIpc) is 2.83. The molecule has 0 saturated carbocycles. The van der Waals surface area contributed by atoms with Crippen LogP contribution in [-0.4, -0.2) is 9.97 Å². The standard InChI is InChI=1S/C30H46N2/c1-3-5-7-9-11-13-15-25-17-20-27(21-18-25)30-31-24-28-23-26(19-22-29(28)32-30)16-14-12-10-8-6-4-2/h17-18,20-21,24,26H,3-16,19,22-23H2,1-2H3. The second-order valence-electron chi connectivity index (χ2n) is 10.0. The molecule has 0 radical (unpaired) electrons. The molecule has 1 aliphatic carbocycles. The van der Waals surface area contributed by atoms with Gasteiger partial charge in [-0.25, -0.2) is 9.97 Å². The Bertz CT molecular complexity index is 765. The second kappa shape index (κ2) is 14.4. The van der Waals surface area contributed by atoms with Crippen LogP contribution in [0.15, 0.2) is 30.5 Å². The molecule has 0 N–H and O–H groups in total. The minimum absolute atomic E-state index is 0.837. The van der Waals surface area contributed by atoms with E-state index in [1.54, 1.807) is 0 Å². The fraction of sp³-hybridized carbons (Fsp3) is 0.667. The van der Waals surface area contributed by atoms with Crippen LogP contribution in [-0.2, 0) is 19.3 Å². The quantitative estimate of drug-likeness (QED) is 0.261. The van der Waals surface area contributed by atoms with Crippen molar-refractivity contribution >= 4 is 0 Å². The third-order valence-corrected chi connectivity index (χ3v) is 7.25. The predicted molar refractivity (Wildman–Crippen MR) is 138 cm³/mol. The van der Waals surface area contributed by atoms with Crippen molar-refractivity contribution in [3.63, 3.8) is 0 Å². The van der Waals surface area contributed by atoms with Crippen LogP contribution in [0.2, 0.25) is 0 Å². The summed E-state index contributed by atoms with van der Waals surface area (Å²) in [5, 5.41) is 0. The third kappa shape index (κ3) is 8.34. The van der Waals surface area contributed by atoms with Crippen LogP contribution in [0.25, 0.3) is 11.4 Å². The first-order valence-corrected chi connectivity index (χ1v) is 13.7. The Morgan fingerprint density at radius 2 is 1.44 bits per heavy atom. The molecule has 0 spiro atoms. The van der Waals surface area contributed by atoms with Crippen LogP contribution in [0.4, 0.5) is 0 Å². The van der Waals surface area contributed by atoms with Crippen LogP contribution in [0.3, 0.4) is 0 Å². The smallest absolute Gasteiger partial charge is 0.159 e. The highest BCUT2D eigenvalue weighted by atomic mass is 14.9. The lowest BCUT2D eigenvalue weighted by atomic mass is 9.84. The molecule has 0 aliphatic heterocycles. The van der Waals surface area contributed by atoms with E-state index in [2.05, 4.69) is 44.3 Å². The number of rotatable bonds is 15. The summed E-state index contributed by atoms with van der Waals surface area (Å²) in [6.45, 7) is 4.57. The van der Waals surface area contributed by atoms with Gasteiger partial charge in [0.05, 0.1) is 0 Å². The molecule has 3 rings (SSSR count). The van der Waals surface area contributed by atoms with E-state index in [1.807, 2.05) is 0 Å². The molecular formula is C30H46N2. The minimum atomic E-state index is 0.837. The van der Waals surface area contributed by atoms with Gasteiger partial charge in [0.2, 0.25) is 0 Å². The predicted octanol–water partition coefficient (Wildman–Crippen LogP) is 8.90. The van der Waals surface area contributed by atoms with Gasteiger partial charge in [-0.2, -0.15) is 0 Å². The number of fused-ring (bicyclic) bond motifs is 1. The van der Waals surface area contributed by atoms with Gasteiger partial charge in [-0.3, -0.25) is 0 Å². The first-order chi connectivity index (χ1) is 15.8. The van der Waals surface area contributed by atoms with Gasteiger partial charge in [0.1, 0.15) is 0 Å². The van der Waals surface area contributed by atoms with Crippen LogP contribution < -0.4 is 0 Å². The molecule has 1 atom stereocenters. The Hall–Kier alpha value is -1.70. The molecule has 1 aliphatic rings. The zero-order valence-corrected chi connectivity index (χ0v) is 20.9. The van der Waals surface area contributed by atoms with Crippen molar-refractivity contribution in [2.75, 3.05) is 0 Å². The lowest BCUT2D eigenvalue weighted by Crippen LogP contribution is -2.16. The molecule has 2 nitrogen and oxygen atoms in total. The number of aromatic nitrogens is 2. The van der Waals surface area contributed by atoms with Crippen LogP contribution in [0.5, 0.6) is 0 Å². The van der Waals surface area contributed by atoms with Crippen LogP contribution in [0.1, 0.15) is 121 Å². The molecule has 0 saturated heterocycles. The summed E-state index contributed by atoms with van der Waals surface area (Å²) < 4.78 is 0. The lowest BCUT2D eigenvalue weighted by Gasteiger charge is -2.24. The maximum Gasteiger partial charge on any atom is 0.159 e. The Labute approximate surface area is 197 Å². The number of aryl methyl sites for hydroxylation is 2. The molecule has 2 aromatic rings. The molecule has 1 heterocycles. The zero-order valence-electron chi connectivity index (χ0n) is 20.9. The summed E-state index contributed by atoms with van der Waals surface area (Å²) in [6, 6.07) is 9.00. The van der Waals surface area contributed by atoms with Crippen molar-refractivity contribution in [2.45, 2.75) is 123 Å². The van der Waals surface area contributed by atoms with Gasteiger partial charge >= 0.3 is 0 Å². The number of unbranched alkanes of at least 4 members (excludes halogenated alkanes) is 10. The van der Waals surface area contributed by atoms with Crippen molar-refractivity contribution in [3.8, 4) is 11.4 Å². The van der Waals surface area contributed by atoms with E-state index >= 15 is 0 Å². The van der Waals surface area contributed by atoms with Gasteiger partial charge in [-0.05, 0) is 49.1 Å². The van der Waals surface area contributed by atoms with Gasteiger partial charge < -0.3 is 0 Å². The molecular weight excluding hydrogens is 388 g/mol. The topological polar surface area (TPSA) is 25.8 Å². The normalized spacial score (nSPS) is 15.6. The summed E-state index contributed by atoms with van der Waals surface area (Å²) in [6.07, 6.45) is 24.8. The Kier molecular flexibility index (Phi) is 11.3. The summed E-state index contributed by atoms with van der Waals surface area (Å²) in [5.74, 6) is 1.74. The number of hydrogen-bond acceptors (Lipinski definition) is 2. The number of nitrogens with zero attached hydrogens (tertiary/aromatic N) is 2. The van der Waals surface area contributed by atoms with Crippen LogP contribution in [0, 0.1) is 5.92 Å². The maximum atomic E-state index is 4.97. The van der Waals surface area contributed by atoms with Gasteiger partial charge in [0.15, 0.2) is 5.82 Å². The highest BCUT2D eigenvalue weighted by molar-refractivity contribution is 5.55. The van der Waals surface area contributed by atoms with Gasteiger partial charge in [0.25, 0.3) is 0 Å². The summed E-state index contributed by atoms with van der Waals surface area (Å²) >= 11 is 0. The molecule has 0 fully saturated rings. The number of hydrogen-bond donors (Lipinski definition) is 0. The monoisotopic (exact) mass is 434 g/mol. The maximum absolute atomic E-state index is 4.97. The minimum Gasteiger partial charge on any atom is -0.236 e. The molecule has 1 aromatic carbocycles. The van der Waals surface area contributed by atoms with E-state index in [0.29, 0.717) is 0 Å². The summed E-state index contributed by atoms with van der Waals surface area (Å²) in [7, 11) is 0. The van der Waals surface area contributed by atoms with Crippen molar-refractivity contribution < 1.29 is 0 Å². The van der Waals surface area contributed by atoms with E-state index in [-0.39, 0.29) is 0 Å². The van der Waals surface area contributed by atoms with Gasteiger partial charge in [-0.15, -0.1) is 0 Å². The zero-order chi connectivity index (χ0) is 22.4. The highest BCUT2D eigenvalue weighted by Gasteiger charge is 2.20. The lowest BCUT2D eigenvalue weighted by molar-refractivity contribution is 0.400. The number of benzene rings is 1. The first kappa shape index (κ1) is 24.9.